The van der Waals surface area contributed by atoms with Crippen LogP contribution in [0.4, 0.5) is 0 Å². The lowest BCUT2D eigenvalue weighted by molar-refractivity contribution is 0.0861. The molecule has 2 heteroatoms. The number of hydrogen-bond acceptors (Lipinski definition) is 2. The van der Waals surface area contributed by atoms with Gasteiger partial charge in [0.15, 0.2) is 0 Å². The monoisotopic (exact) mass is 414 g/mol. The quantitative estimate of drug-likeness (QED) is 0.509. The molecule has 0 bridgehead atoms. The summed E-state index contributed by atoms with van der Waals surface area (Å²) in [6.07, 6.45) is 15.1. The summed E-state index contributed by atoms with van der Waals surface area (Å²) in [6.45, 7) is 16.2. The lowest BCUT2D eigenvalue weighted by atomic mass is 9.60. The average Bonchev–Trinajstić information content (AvgIpc) is 3.00. The fourth-order valence-corrected chi connectivity index (χ4v) is 6.83. The summed E-state index contributed by atoms with van der Waals surface area (Å²) in [6, 6.07) is 0. The van der Waals surface area contributed by atoms with Crippen LogP contribution in [-0.2, 0) is 0 Å². The van der Waals surface area contributed by atoms with Gasteiger partial charge in [0.2, 0.25) is 0 Å². The lowest BCUT2D eigenvalue weighted by Gasteiger charge is -2.44. The molecule has 0 aromatic heterocycles. The van der Waals surface area contributed by atoms with E-state index in [9.17, 15) is 10.2 Å². The molecule has 0 aliphatic heterocycles. The first-order valence-corrected chi connectivity index (χ1v) is 12.5. The van der Waals surface area contributed by atoms with Crippen LogP contribution in [0.2, 0.25) is 0 Å². The predicted octanol–water partition coefficient (Wildman–Crippen LogP) is 6.98. The number of hydrogen-bond donors (Lipinski definition) is 2. The van der Waals surface area contributed by atoms with Gasteiger partial charge in [-0.25, -0.2) is 0 Å². The number of allylic oxidation sites excluding steroid dienone is 3. The van der Waals surface area contributed by atoms with Crippen molar-refractivity contribution in [1.29, 1.82) is 0 Å². The Morgan fingerprint density at radius 3 is 2.63 bits per heavy atom. The van der Waals surface area contributed by atoms with E-state index >= 15 is 0 Å². The van der Waals surface area contributed by atoms with Crippen molar-refractivity contribution in [1.82, 2.24) is 0 Å². The molecule has 3 fully saturated rings. The first-order chi connectivity index (χ1) is 14.0. The van der Waals surface area contributed by atoms with Gasteiger partial charge in [-0.1, -0.05) is 71.8 Å². The van der Waals surface area contributed by atoms with Gasteiger partial charge >= 0.3 is 0 Å². The van der Waals surface area contributed by atoms with Gasteiger partial charge in [-0.2, -0.15) is 0 Å². The molecule has 30 heavy (non-hydrogen) atoms. The molecule has 2 nitrogen and oxygen atoms in total. The maximum absolute atomic E-state index is 10.1. The van der Waals surface area contributed by atoms with Gasteiger partial charge in [-0.05, 0) is 84.7 Å². The molecule has 0 aromatic carbocycles. The topological polar surface area (TPSA) is 40.5 Å². The molecular formula is C28H46O2. The van der Waals surface area contributed by atoms with Gasteiger partial charge in [0.25, 0.3) is 0 Å². The first-order valence-electron chi connectivity index (χ1n) is 12.5. The Hall–Kier alpha value is -0.860. The second-order valence-electron chi connectivity index (χ2n) is 12.1. The number of rotatable bonds is 5. The zero-order valence-electron chi connectivity index (χ0n) is 20.2. The molecule has 6 atom stereocenters. The molecule has 2 N–H and O–H groups in total. The van der Waals surface area contributed by atoms with E-state index < -0.39 is 12.2 Å². The fourth-order valence-electron chi connectivity index (χ4n) is 6.83. The largest absolute Gasteiger partial charge is 0.393 e. The van der Waals surface area contributed by atoms with Crippen molar-refractivity contribution in [2.75, 3.05) is 0 Å². The van der Waals surface area contributed by atoms with E-state index in [-0.39, 0.29) is 0 Å². The second-order valence-corrected chi connectivity index (χ2v) is 12.1. The third-order valence-electron chi connectivity index (χ3n) is 8.58. The molecule has 170 valence electrons. The smallest absolute Gasteiger partial charge is 0.0811 e. The van der Waals surface area contributed by atoms with Crippen LogP contribution in [0.5, 0.6) is 0 Å². The zero-order chi connectivity index (χ0) is 22.1. The van der Waals surface area contributed by atoms with E-state index in [1.807, 2.05) is 0 Å². The van der Waals surface area contributed by atoms with Crippen LogP contribution in [0.3, 0.4) is 0 Å². The molecule has 0 amide bonds. The lowest BCUT2D eigenvalue weighted by Crippen LogP contribution is -2.36. The van der Waals surface area contributed by atoms with Gasteiger partial charge in [0.1, 0.15) is 0 Å². The molecule has 3 aliphatic rings. The Bertz CT molecular complexity index is 679. The molecule has 0 heterocycles. The number of fused-ring (bicyclic) bond motifs is 1. The van der Waals surface area contributed by atoms with Gasteiger partial charge in [-0.3, -0.25) is 0 Å². The van der Waals surface area contributed by atoms with Crippen molar-refractivity contribution in [2.24, 2.45) is 28.6 Å². The SMILES string of the molecule is C=C1/C(=C\C=C2/CCCC3(C)C2CCC3[C@@H](C)CCCC(C)(C)C)C[C@@H](O)CC1O. The molecule has 4 unspecified atom stereocenters. The Labute approximate surface area is 185 Å². The Kier molecular flexibility index (Phi) is 7.40. The van der Waals surface area contributed by atoms with Crippen LogP contribution in [0, 0.1) is 28.6 Å². The van der Waals surface area contributed by atoms with Crippen LogP contribution in [0.15, 0.2) is 35.5 Å². The minimum absolute atomic E-state index is 0.419. The minimum atomic E-state index is -0.597. The van der Waals surface area contributed by atoms with Crippen molar-refractivity contribution in [2.45, 2.75) is 111 Å². The Morgan fingerprint density at radius 2 is 1.93 bits per heavy atom. The summed E-state index contributed by atoms with van der Waals surface area (Å²) < 4.78 is 0. The number of aliphatic hydroxyl groups excluding tert-OH is 2. The zero-order valence-corrected chi connectivity index (χ0v) is 20.2. The highest BCUT2D eigenvalue weighted by molar-refractivity contribution is 5.38. The molecule has 0 spiro atoms. The fraction of sp³-hybridized carbons (Fsp3) is 0.786. The number of aliphatic hydroxyl groups is 2. The highest BCUT2D eigenvalue weighted by Crippen LogP contribution is 2.60. The molecular weight excluding hydrogens is 368 g/mol. The van der Waals surface area contributed by atoms with Crippen LogP contribution in [0.1, 0.15) is 98.8 Å². The van der Waals surface area contributed by atoms with E-state index in [1.165, 1.54) is 51.4 Å². The average molecular weight is 415 g/mol. The third kappa shape index (κ3) is 5.30. The molecule has 0 aromatic rings. The molecule has 3 saturated carbocycles. The minimum Gasteiger partial charge on any atom is -0.393 e. The van der Waals surface area contributed by atoms with E-state index in [2.05, 4.69) is 53.3 Å². The molecule has 0 radical (unpaired) electrons. The summed E-state index contributed by atoms with van der Waals surface area (Å²) in [7, 11) is 0. The summed E-state index contributed by atoms with van der Waals surface area (Å²) in [5, 5.41) is 20.2. The van der Waals surface area contributed by atoms with Gasteiger partial charge < -0.3 is 10.2 Å². The molecule has 3 aliphatic carbocycles. The first kappa shape index (κ1) is 23.8. The molecule has 0 saturated heterocycles. The van der Waals surface area contributed by atoms with Gasteiger partial charge in [-0.15, -0.1) is 0 Å². The van der Waals surface area contributed by atoms with Crippen LogP contribution in [0.25, 0.3) is 0 Å². The summed E-state index contributed by atoms with van der Waals surface area (Å²) in [5.74, 6) is 2.35. The van der Waals surface area contributed by atoms with Crippen LogP contribution >= 0.6 is 0 Å². The van der Waals surface area contributed by atoms with Crippen LogP contribution in [-0.4, -0.2) is 22.4 Å². The van der Waals surface area contributed by atoms with Crippen molar-refractivity contribution in [3.63, 3.8) is 0 Å². The van der Waals surface area contributed by atoms with Crippen LogP contribution < -0.4 is 0 Å². The summed E-state index contributed by atoms with van der Waals surface area (Å²) >= 11 is 0. The van der Waals surface area contributed by atoms with E-state index in [4.69, 9.17) is 0 Å². The summed E-state index contributed by atoms with van der Waals surface area (Å²) in [4.78, 5) is 0. The van der Waals surface area contributed by atoms with Crippen molar-refractivity contribution in [3.8, 4) is 0 Å². The maximum Gasteiger partial charge on any atom is 0.0811 e. The molecule has 3 rings (SSSR count). The van der Waals surface area contributed by atoms with Crippen molar-refractivity contribution < 1.29 is 10.2 Å². The van der Waals surface area contributed by atoms with E-state index in [0.29, 0.717) is 29.6 Å². The summed E-state index contributed by atoms with van der Waals surface area (Å²) in [5.41, 5.74) is 4.31. The highest BCUT2D eigenvalue weighted by Gasteiger charge is 2.50. The van der Waals surface area contributed by atoms with Gasteiger partial charge in [0.05, 0.1) is 12.2 Å². The highest BCUT2D eigenvalue weighted by atomic mass is 16.3. The van der Waals surface area contributed by atoms with Crippen molar-refractivity contribution in [3.05, 3.63) is 35.5 Å². The maximum atomic E-state index is 10.1. The standard InChI is InChI=1S/C28H46O2/c1-19(9-7-15-27(3,4)5)24-13-14-25-21(10-8-16-28(24,25)6)11-12-22-17-23(29)18-26(30)20(22)2/h11-12,19,23-26,29-30H,2,7-10,13-18H2,1,3-6H3/b21-11+,22-12-/t19-,23+,24?,25?,26?,28?/m0/s1. The third-order valence-corrected chi connectivity index (χ3v) is 8.58. The van der Waals surface area contributed by atoms with E-state index in [1.54, 1.807) is 5.57 Å². The van der Waals surface area contributed by atoms with Crippen molar-refractivity contribution >= 4 is 0 Å². The normalized spacial score (nSPS) is 38.8. The predicted molar refractivity (Wildman–Crippen MR) is 127 cm³/mol. The van der Waals surface area contributed by atoms with Gasteiger partial charge in [0, 0.05) is 6.42 Å². The van der Waals surface area contributed by atoms with E-state index in [0.717, 1.165) is 23.0 Å². The second kappa shape index (κ2) is 9.33. The Morgan fingerprint density at radius 1 is 1.20 bits per heavy atom. The Balaban J connectivity index is 1.70.